The molecule has 1 N–H and O–H groups in total. The predicted molar refractivity (Wildman–Crippen MR) is 74.9 cm³/mol. The number of aromatic nitrogens is 1. The first-order valence-corrected chi connectivity index (χ1v) is 7.52. The molecule has 4 heteroatoms. The summed E-state index contributed by atoms with van der Waals surface area (Å²) in [5.74, 6) is 1.77. The monoisotopic (exact) mass is 263 g/mol. The fourth-order valence-corrected chi connectivity index (χ4v) is 3.37. The van der Waals surface area contributed by atoms with Gasteiger partial charge in [-0.15, -0.1) is 0 Å². The maximum atomic E-state index is 5.19. The molecule has 19 heavy (non-hydrogen) atoms. The molecule has 2 atom stereocenters. The molecule has 1 aromatic rings. The van der Waals surface area contributed by atoms with Crippen LogP contribution in [-0.2, 0) is 6.54 Å². The maximum Gasteiger partial charge on any atom is 0.133 e. The topological polar surface area (TPSA) is 41.3 Å². The highest BCUT2D eigenvalue weighted by molar-refractivity contribution is 5.08. The molecule has 106 valence electrons. The van der Waals surface area contributed by atoms with Crippen molar-refractivity contribution in [3.05, 3.63) is 17.5 Å². The molecule has 1 aromatic heterocycles. The zero-order valence-corrected chi connectivity index (χ0v) is 12.3. The molecule has 3 rings (SSSR count). The number of piperazine rings is 1. The number of rotatable bonds is 4. The van der Waals surface area contributed by atoms with Crippen molar-refractivity contribution < 1.29 is 4.52 Å². The van der Waals surface area contributed by atoms with Crippen molar-refractivity contribution in [3.8, 4) is 0 Å². The van der Waals surface area contributed by atoms with E-state index in [9.17, 15) is 0 Å². The Morgan fingerprint density at radius 3 is 2.89 bits per heavy atom. The van der Waals surface area contributed by atoms with Crippen LogP contribution in [0, 0.1) is 12.8 Å². The largest absolute Gasteiger partial charge is 0.361 e. The van der Waals surface area contributed by atoms with Crippen LogP contribution in [0.3, 0.4) is 0 Å². The Balaban J connectivity index is 1.71. The van der Waals surface area contributed by atoms with E-state index in [1.165, 1.54) is 19.3 Å². The minimum absolute atomic E-state index is 0.296. The minimum atomic E-state index is 0.296. The average Bonchev–Trinajstić information content (AvgIpc) is 3.16. The molecule has 0 radical (unpaired) electrons. The van der Waals surface area contributed by atoms with Gasteiger partial charge in [-0.2, -0.15) is 0 Å². The molecule has 4 nitrogen and oxygen atoms in total. The average molecular weight is 263 g/mol. The van der Waals surface area contributed by atoms with Gasteiger partial charge < -0.3 is 9.84 Å². The molecule has 1 saturated carbocycles. The molecular weight excluding hydrogens is 238 g/mol. The molecular formula is C15H25N3O. The summed E-state index contributed by atoms with van der Waals surface area (Å²) >= 11 is 0. The summed E-state index contributed by atoms with van der Waals surface area (Å²) in [6.07, 6.45) is 3.96. The molecule has 1 saturated heterocycles. The highest BCUT2D eigenvalue weighted by Crippen LogP contribution is 2.41. The van der Waals surface area contributed by atoms with Crippen molar-refractivity contribution in [1.29, 1.82) is 0 Å². The predicted octanol–water partition coefficient (Wildman–Crippen LogP) is 2.34. The lowest BCUT2D eigenvalue weighted by Crippen LogP contribution is -2.63. The summed E-state index contributed by atoms with van der Waals surface area (Å²) < 4.78 is 5.19. The van der Waals surface area contributed by atoms with Crippen molar-refractivity contribution in [2.45, 2.75) is 58.2 Å². The van der Waals surface area contributed by atoms with Crippen LogP contribution in [0.4, 0.5) is 0 Å². The fraction of sp³-hybridized carbons (Fsp3) is 0.800. The highest BCUT2D eigenvalue weighted by Gasteiger charge is 2.45. The Kier molecular flexibility index (Phi) is 3.39. The van der Waals surface area contributed by atoms with Gasteiger partial charge in [0.1, 0.15) is 5.76 Å². The Morgan fingerprint density at radius 1 is 1.53 bits per heavy atom. The third kappa shape index (κ3) is 2.70. The Hall–Kier alpha value is -0.870. The van der Waals surface area contributed by atoms with Crippen LogP contribution >= 0.6 is 0 Å². The van der Waals surface area contributed by atoms with E-state index in [-0.39, 0.29) is 0 Å². The first kappa shape index (κ1) is 13.1. The second-order valence-corrected chi connectivity index (χ2v) is 6.47. The first-order chi connectivity index (χ1) is 9.10. The van der Waals surface area contributed by atoms with Crippen LogP contribution in [0.15, 0.2) is 10.6 Å². The van der Waals surface area contributed by atoms with E-state index in [0.717, 1.165) is 37.0 Å². The van der Waals surface area contributed by atoms with Gasteiger partial charge in [0.25, 0.3) is 0 Å². The molecule has 1 aliphatic heterocycles. The van der Waals surface area contributed by atoms with E-state index < -0.39 is 0 Å². The lowest BCUT2D eigenvalue weighted by Gasteiger charge is -2.46. The fourth-order valence-electron chi connectivity index (χ4n) is 3.37. The molecule has 0 spiro atoms. The van der Waals surface area contributed by atoms with Crippen LogP contribution in [0.5, 0.6) is 0 Å². The smallest absolute Gasteiger partial charge is 0.133 e. The van der Waals surface area contributed by atoms with Gasteiger partial charge in [0.2, 0.25) is 0 Å². The molecule has 2 fully saturated rings. The SMILES string of the molecule is CCC1CNC(C)(C2CC2)CN1Cc1cc(C)on1. The van der Waals surface area contributed by atoms with Gasteiger partial charge >= 0.3 is 0 Å². The van der Waals surface area contributed by atoms with Gasteiger partial charge in [-0.1, -0.05) is 12.1 Å². The molecule has 0 aromatic carbocycles. The Bertz CT molecular complexity index is 440. The molecule has 2 heterocycles. The molecule has 0 amide bonds. The summed E-state index contributed by atoms with van der Waals surface area (Å²) in [5, 5.41) is 7.94. The number of nitrogens with zero attached hydrogens (tertiary/aromatic N) is 2. The van der Waals surface area contributed by atoms with Crippen LogP contribution in [0.2, 0.25) is 0 Å². The Labute approximate surface area is 115 Å². The van der Waals surface area contributed by atoms with E-state index in [1.807, 2.05) is 6.92 Å². The van der Waals surface area contributed by atoms with Crippen molar-refractivity contribution >= 4 is 0 Å². The third-order valence-electron chi connectivity index (χ3n) is 4.78. The molecule has 2 unspecified atom stereocenters. The summed E-state index contributed by atoms with van der Waals surface area (Å²) in [5.41, 5.74) is 1.36. The van der Waals surface area contributed by atoms with Gasteiger partial charge in [-0.25, -0.2) is 0 Å². The lowest BCUT2D eigenvalue weighted by atomic mass is 9.90. The van der Waals surface area contributed by atoms with E-state index in [4.69, 9.17) is 4.52 Å². The Morgan fingerprint density at radius 2 is 2.32 bits per heavy atom. The third-order valence-corrected chi connectivity index (χ3v) is 4.78. The van der Waals surface area contributed by atoms with Crippen LogP contribution in [-0.4, -0.2) is 34.7 Å². The van der Waals surface area contributed by atoms with E-state index >= 15 is 0 Å². The van der Waals surface area contributed by atoms with Gasteiger partial charge in [-0.05, 0) is 39.0 Å². The molecule has 0 bridgehead atoms. The van der Waals surface area contributed by atoms with E-state index in [0.29, 0.717) is 11.6 Å². The first-order valence-electron chi connectivity index (χ1n) is 7.52. The van der Waals surface area contributed by atoms with Gasteiger partial charge in [0.05, 0.1) is 5.69 Å². The molecule has 1 aliphatic carbocycles. The van der Waals surface area contributed by atoms with Crippen LogP contribution in [0.25, 0.3) is 0 Å². The van der Waals surface area contributed by atoms with Crippen LogP contribution in [0.1, 0.15) is 44.6 Å². The lowest BCUT2D eigenvalue weighted by molar-refractivity contribution is 0.0647. The van der Waals surface area contributed by atoms with Crippen LogP contribution < -0.4 is 5.32 Å². The van der Waals surface area contributed by atoms with Gasteiger partial charge in [0.15, 0.2) is 0 Å². The summed E-state index contributed by atoms with van der Waals surface area (Å²) in [7, 11) is 0. The standard InChI is InChI=1S/C15H25N3O/c1-4-14-8-16-15(3,12-5-6-12)10-18(14)9-13-7-11(2)19-17-13/h7,12,14,16H,4-6,8-10H2,1-3H3. The number of nitrogens with one attached hydrogen (secondary N) is 1. The second-order valence-electron chi connectivity index (χ2n) is 6.47. The molecule has 2 aliphatic rings. The van der Waals surface area contributed by atoms with Crippen molar-refractivity contribution in [3.63, 3.8) is 0 Å². The number of hydrogen-bond donors (Lipinski definition) is 1. The maximum absolute atomic E-state index is 5.19. The van der Waals surface area contributed by atoms with Crippen molar-refractivity contribution in [2.75, 3.05) is 13.1 Å². The van der Waals surface area contributed by atoms with Gasteiger partial charge in [-0.3, -0.25) is 4.90 Å². The minimum Gasteiger partial charge on any atom is -0.361 e. The zero-order chi connectivity index (χ0) is 13.5. The zero-order valence-electron chi connectivity index (χ0n) is 12.3. The van der Waals surface area contributed by atoms with E-state index in [2.05, 4.69) is 35.3 Å². The van der Waals surface area contributed by atoms with Crippen molar-refractivity contribution in [2.24, 2.45) is 5.92 Å². The summed E-state index contributed by atoms with van der Waals surface area (Å²) in [6, 6.07) is 2.67. The highest BCUT2D eigenvalue weighted by atomic mass is 16.5. The van der Waals surface area contributed by atoms with E-state index in [1.54, 1.807) is 0 Å². The quantitative estimate of drug-likeness (QED) is 0.905. The van der Waals surface area contributed by atoms with Gasteiger partial charge in [0, 0.05) is 37.3 Å². The van der Waals surface area contributed by atoms with Crippen molar-refractivity contribution in [1.82, 2.24) is 15.4 Å². The normalized spacial score (nSPS) is 32.7. The summed E-state index contributed by atoms with van der Waals surface area (Å²) in [6.45, 7) is 9.76. The second kappa shape index (κ2) is 4.91. The number of aryl methyl sites for hydroxylation is 1. The summed E-state index contributed by atoms with van der Waals surface area (Å²) in [4.78, 5) is 2.59. The number of hydrogen-bond acceptors (Lipinski definition) is 4.